The molecule has 1 unspecified atom stereocenters. The standard InChI is InChI=1S/C14H15NO6/c1-9-4-5-11-10(8-9)6-7-20-13(21-14(17)19-3)15(11)12(16)18-2/h4-8,13H,1-3H3. The van der Waals surface area contributed by atoms with E-state index >= 15 is 0 Å². The molecule has 0 bridgehead atoms. The molecule has 1 heterocycles. The zero-order valence-corrected chi connectivity index (χ0v) is 11.9. The number of nitrogens with zero attached hydrogens (tertiary/aromatic N) is 1. The molecule has 1 aliphatic rings. The van der Waals surface area contributed by atoms with Crippen molar-refractivity contribution in [3.05, 3.63) is 35.6 Å². The van der Waals surface area contributed by atoms with Gasteiger partial charge in [-0.15, -0.1) is 0 Å². The summed E-state index contributed by atoms with van der Waals surface area (Å²) in [5, 5.41) is 0. The maximum atomic E-state index is 12.0. The van der Waals surface area contributed by atoms with Crippen LogP contribution >= 0.6 is 0 Å². The summed E-state index contributed by atoms with van der Waals surface area (Å²) in [5.41, 5.74) is 2.24. The van der Waals surface area contributed by atoms with E-state index in [9.17, 15) is 9.59 Å². The van der Waals surface area contributed by atoms with Crippen LogP contribution < -0.4 is 4.90 Å². The Morgan fingerprint density at radius 1 is 1.24 bits per heavy atom. The van der Waals surface area contributed by atoms with Crippen molar-refractivity contribution in [2.75, 3.05) is 19.1 Å². The summed E-state index contributed by atoms with van der Waals surface area (Å²) in [5.74, 6) is 0. The average molecular weight is 293 g/mol. The third-order valence-electron chi connectivity index (χ3n) is 2.83. The van der Waals surface area contributed by atoms with Crippen LogP contribution in [0.2, 0.25) is 0 Å². The molecular formula is C14H15NO6. The van der Waals surface area contributed by atoms with Gasteiger partial charge in [-0.3, -0.25) is 0 Å². The van der Waals surface area contributed by atoms with Gasteiger partial charge in [0.15, 0.2) is 0 Å². The van der Waals surface area contributed by atoms with Crippen molar-refractivity contribution in [3.8, 4) is 0 Å². The van der Waals surface area contributed by atoms with Gasteiger partial charge in [0.2, 0.25) is 0 Å². The largest absolute Gasteiger partial charge is 0.512 e. The third-order valence-corrected chi connectivity index (χ3v) is 2.83. The van der Waals surface area contributed by atoms with Crippen LogP contribution in [0, 0.1) is 6.92 Å². The molecule has 0 saturated heterocycles. The molecule has 7 nitrogen and oxygen atoms in total. The Morgan fingerprint density at radius 2 is 2.00 bits per heavy atom. The molecule has 0 aromatic heterocycles. The van der Waals surface area contributed by atoms with Crippen LogP contribution in [0.1, 0.15) is 11.1 Å². The first-order chi connectivity index (χ1) is 10.1. The molecule has 1 atom stereocenters. The molecule has 0 N–H and O–H groups in total. The Hall–Kier alpha value is -2.70. The number of rotatable bonds is 1. The molecule has 0 spiro atoms. The highest BCUT2D eigenvalue weighted by Gasteiger charge is 2.33. The molecule has 112 valence electrons. The zero-order chi connectivity index (χ0) is 15.4. The van der Waals surface area contributed by atoms with Gasteiger partial charge in [-0.1, -0.05) is 11.6 Å². The van der Waals surface area contributed by atoms with Crippen LogP contribution in [0.15, 0.2) is 24.5 Å². The van der Waals surface area contributed by atoms with E-state index in [2.05, 4.69) is 4.74 Å². The fourth-order valence-corrected chi connectivity index (χ4v) is 1.87. The minimum absolute atomic E-state index is 0.495. The number of hydrogen-bond acceptors (Lipinski definition) is 6. The summed E-state index contributed by atoms with van der Waals surface area (Å²) >= 11 is 0. The van der Waals surface area contributed by atoms with Crippen LogP contribution in [0.5, 0.6) is 0 Å². The highest BCUT2D eigenvalue weighted by molar-refractivity contribution is 5.91. The van der Waals surface area contributed by atoms with Crippen molar-refractivity contribution in [1.82, 2.24) is 0 Å². The molecule has 0 saturated carbocycles. The van der Waals surface area contributed by atoms with Crippen LogP contribution in [0.3, 0.4) is 0 Å². The molecule has 21 heavy (non-hydrogen) atoms. The van der Waals surface area contributed by atoms with Gasteiger partial charge in [-0.25, -0.2) is 14.5 Å². The number of carbonyl (C=O) groups is 2. The number of amides is 1. The van der Waals surface area contributed by atoms with Crippen molar-refractivity contribution in [3.63, 3.8) is 0 Å². The van der Waals surface area contributed by atoms with Crippen LogP contribution in [-0.2, 0) is 18.9 Å². The Kier molecular flexibility index (Phi) is 4.32. The van der Waals surface area contributed by atoms with Gasteiger partial charge in [0.1, 0.15) is 0 Å². The number of aryl methyl sites for hydroxylation is 1. The predicted molar refractivity (Wildman–Crippen MR) is 73.5 cm³/mol. The van der Waals surface area contributed by atoms with E-state index < -0.39 is 18.7 Å². The number of benzene rings is 1. The van der Waals surface area contributed by atoms with E-state index in [1.54, 1.807) is 12.1 Å². The summed E-state index contributed by atoms with van der Waals surface area (Å²) in [6.07, 6.45) is -0.00559. The molecule has 0 fully saturated rings. The van der Waals surface area contributed by atoms with Crippen molar-refractivity contribution in [1.29, 1.82) is 0 Å². The highest BCUT2D eigenvalue weighted by atomic mass is 16.8. The van der Waals surface area contributed by atoms with Crippen LogP contribution in [-0.4, -0.2) is 32.9 Å². The van der Waals surface area contributed by atoms with E-state index in [1.807, 2.05) is 19.1 Å². The fourth-order valence-electron chi connectivity index (χ4n) is 1.87. The summed E-state index contributed by atoms with van der Waals surface area (Å²) in [6, 6.07) is 5.41. The van der Waals surface area contributed by atoms with Gasteiger partial charge < -0.3 is 18.9 Å². The summed E-state index contributed by atoms with van der Waals surface area (Å²) in [4.78, 5) is 24.4. The molecule has 0 aliphatic carbocycles. The second-order valence-corrected chi connectivity index (χ2v) is 4.22. The van der Waals surface area contributed by atoms with Crippen molar-refractivity contribution >= 4 is 24.0 Å². The van der Waals surface area contributed by atoms with Crippen molar-refractivity contribution in [2.45, 2.75) is 13.3 Å². The third kappa shape index (κ3) is 3.07. The molecule has 1 aromatic rings. The predicted octanol–water partition coefficient (Wildman–Crippen LogP) is 2.64. The lowest BCUT2D eigenvalue weighted by Gasteiger charge is -2.27. The Bertz CT molecular complexity index is 583. The number of anilines is 1. The number of methoxy groups -OCH3 is 2. The van der Waals surface area contributed by atoms with Gasteiger partial charge in [-0.05, 0) is 25.1 Å². The van der Waals surface area contributed by atoms with E-state index in [1.165, 1.54) is 13.4 Å². The van der Waals surface area contributed by atoms with Gasteiger partial charge in [0.05, 0.1) is 26.2 Å². The molecule has 2 rings (SSSR count). The van der Waals surface area contributed by atoms with Crippen molar-refractivity contribution < 1.29 is 28.5 Å². The number of ether oxygens (including phenoxy) is 4. The first-order valence-corrected chi connectivity index (χ1v) is 6.11. The Balaban J connectivity index is 2.44. The number of hydrogen-bond donors (Lipinski definition) is 0. The maximum absolute atomic E-state index is 12.0. The molecule has 1 amide bonds. The maximum Gasteiger partial charge on any atom is 0.512 e. The van der Waals surface area contributed by atoms with E-state index in [0.717, 1.165) is 23.1 Å². The smallest absolute Gasteiger partial charge is 0.452 e. The molecule has 7 heteroatoms. The Morgan fingerprint density at radius 3 is 2.67 bits per heavy atom. The van der Waals surface area contributed by atoms with Gasteiger partial charge >= 0.3 is 18.7 Å². The molecular weight excluding hydrogens is 278 g/mol. The van der Waals surface area contributed by atoms with Crippen LogP contribution in [0.4, 0.5) is 15.3 Å². The lowest BCUT2D eigenvalue weighted by molar-refractivity contribution is -0.0795. The van der Waals surface area contributed by atoms with Crippen molar-refractivity contribution in [2.24, 2.45) is 0 Å². The molecule has 1 aliphatic heterocycles. The minimum atomic E-state index is -1.31. The normalized spacial score (nSPS) is 16.3. The number of fused-ring (bicyclic) bond motifs is 1. The fraction of sp³-hybridized carbons (Fsp3) is 0.286. The zero-order valence-electron chi connectivity index (χ0n) is 11.9. The molecule has 1 aromatic carbocycles. The lowest BCUT2D eigenvalue weighted by Crippen LogP contribution is -2.44. The SMILES string of the molecule is COC(=O)OC1OC=Cc2cc(C)ccc2N1C(=O)OC. The molecule has 0 radical (unpaired) electrons. The first-order valence-electron chi connectivity index (χ1n) is 6.11. The summed E-state index contributed by atoms with van der Waals surface area (Å²) in [6.45, 7) is 1.92. The van der Waals surface area contributed by atoms with E-state index in [4.69, 9.17) is 14.2 Å². The average Bonchev–Trinajstić information content (AvgIpc) is 2.65. The summed E-state index contributed by atoms with van der Waals surface area (Å²) < 4.78 is 19.3. The minimum Gasteiger partial charge on any atom is -0.452 e. The monoisotopic (exact) mass is 293 g/mol. The quantitative estimate of drug-likeness (QED) is 0.741. The topological polar surface area (TPSA) is 74.3 Å². The highest BCUT2D eigenvalue weighted by Crippen LogP contribution is 2.29. The van der Waals surface area contributed by atoms with Gasteiger partial charge in [0, 0.05) is 5.56 Å². The second-order valence-electron chi connectivity index (χ2n) is 4.22. The van der Waals surface area contributed by atoms with E-state index in [0.29, 0.717) is 5.69 Å². The second kappa shape index (κ2) is 6.17. The lowest BCUT2D eigenvalue weighted by atomic mass is 10.1. The summed E-state index contributed by atoms with van der Waals surface area (Å²) in [7, 11) is 2.39. The van der Waals surface area contributed by atoms with Crippen LogP contribution in [0.25, 0.3) is 6.08 Å². The van der Waals surface area contributed by atoms with E-state index in [-0.39, 0.29) is 0 Å². The van der Waals surface area contributed by atoms with Gasteiger partial charge in [-0.2, -0.15) is 0 Å². The number of carbonyl (C=O) groups excluding carboxylic acids is 2. The van der Waals surface area contributed by atoms with Gasteiger partial charge in [0.25, 0.3) is 0 Å². The Labute approximate surface area is 121 Å². The first kappa shape index (κ1) is 14.7.